The van der Waals surface area contributed by atoms with E-state index in [-0.39, 0.29) is 18.8 Å². The van der Waals surface area contributed by atoms with Crippen molar-refractivity contribution >= 4 is 37.7 Å². The second-order valence-corrected chi connectivity index (χ2v) is 10.0. The van der Waals surface area contributed by atoms with Crippen LogP contribution in [-0.2, 0) is 27.8 Å². The van der Waals surface area contributed by atoms with Crippen LogP contribution in [0.1, 0.15) is 28.5 Å². The Labute approximate surface area is 192 Å². The summed E-state index contributed by atoms with van der Waals surface area (Å²) in [5, 5.41) is 2.58. The third kappa shape index (κ3) is 4.49. The standard InChI is InChI=1S/C25H25FN2O4S/c1-4-32-25(29)24-22(16-27(2)33(3,30)31)21-14-19(26)12-13-23(21)28(24)15-18-10-7-9-17-8-5-6-11-20(17)18/h5-14H,4,15-16H2,1-3H3. The highest BCUT2D eigenvalue weighted by atomic mass is 32.2. The number of carbonyl (C=O) groups excluding carboxylic acids is 1. The Morgan fingerprint density at radius 1 is 1.06 bits per heavy atom. The van der Waals surface area contributed by atoms with Crippen LogP contribution in [0.2, 0.25) is 0 Å². The van der Waals surface area contributed by atoms with Crippen LogP contribution in [0.3, 0.4) is 0 Å². The van der Waals surface area contributed by atoms with Crippen molar-refractivity contribution in [2.75, 3.05) is 19.9 Å². The number of ether oxygens (including phenoxy) is 1. The summed E-state index contributed by atoms with van der Waals surface area (Å²) in [4.78, 5) is 13.1. The molecule has 0 atom stereocenters. The second-order valence-electron chi connectivity index (χ2n) is 7.95. The number of fused-ring (bicyclic) bond motifs is 2. The van der Waals surface area contributed by atoms with Crippen molar-refractivity contribution in [3.8, 4) is 0 Å². The lowest BCUT2D eigenvalue weighted by atomic mass is 10.0. The molecule has 0 bridgehead atoms. The number of nitrogens with zero attached hydrogens (tertiary/aromatic N) is 2. The van der Waals surface area contributed by atoms with Gasteiger partial charge in [0.1, 0.15) is 11.5 Å². The van der Waals surface area contributed by atoms with Crippen molar-refractivity contribution in [1.82, 2.24) is 8.87 Å². The van der Waals surface area contributed by atoms with Crippen LogP contribution in [-0.4, -0.2) is 43.2 Å². The van der Waals surface area contributed by atoms with E-state index in [0.29, 0.717) is 23.0 Å². The highest BCUT2D eigenvalue weighted by molar-refractivity contribution is 7.88. The minimum atomic E-state index is -3.53. The molecular formula is C25H25FN2O4S. The number of rotatable bonds is 7. The molecule has 1 heterocycles. The van der Waals surface area contributed by atoms with E-state index < -0.39 is 21.8 Å². The maximum absolute atomic E-state index is 14.3. The first-order chi connectivity index (χ1) is 15.7. The van der Waals surface area contributed by atoms with Crippen LogP contribution < -0.4 is 0 Å². The van der Waals surface area contributed by atoms with Crippen molar-refractivity contribution in [2.45, 2.75) is 20.0 Å². The average Bonchev–Trinajstić information content (AvgIpc) is 3.06. The number of aromatic nitrogens is 1. The molecule has 8 heteroatoms. The van der Waals surface area contributed by atoms with Crippen molar-refractivity contribution < 1.29 is 22.3 Å². The fraction of sp³-hybridized carbons (Fsp3) is 0.240. The first-order valence-electron chi connectivity index (χ1n) is 10.6. The van der Waals surface area contributed by atoms with Crippen molar-refractivity contribution in [3.63, 3.8) is 0 Å². The Bertz CT molecular complexity index is 1460. The van der Waals surface area contributed by atoms with Crippen molar-refractivity contribution in [2.24, 2.45) is 0 Å². The van der Waals surface area contributed by atoms with E-state index in [9.17, 15) is 17.6 Å². The zero-order chi connectivity index (χ0) is 23.8. The molecule has 33 heavy (non-hydrogen) atoms. The Hall–Kier alpha value is -3.23. The monoisotopic (exact) mass is 468 g/mol. The third-order valence-electron chi connectivity index (χ3n) is 5.75. The zero-order valence-electron chi connectivity index (χ0n) is 18.7. The summed E-state index contributed by atoms with van der Waals surface area (Å²) in [5.41, 5.74) is 2.24. The normalized spacial score (nSPS) is 12.0. The molecular weight excluding hydrogens is 443 g/mol. The lowest BCUT2D eigenvalue weighted by Gasteiger charge is -2.16. The molecule has 0 aliphatic carbocycles. The van der Waals surface area contributed by atoms with E-state index >= 15 is 0 Å². The van der Waals surface area contributed by atoms with Crippen LogP contribution in [0.5, 0.6) is 0 Å². The molecule has 0 saturated heterocycles. The number of carbonyl (C=O) groups is 1. The smallest absolute Gasteiger partial charge is 0.355 e. The molecule has 3 aromatic carbocycles. The zero-order valence-corrected chi connectivity index (χ0v) is 19.5. The Balaban J connectivity index is 1.98. The molecule has 0 N–H and O–H groups in total. The summed E-state index contributed by atoms with van der Waals surface area (Å²) >= 11 is 0. The van der Waals surface area contributed by atoms with Gasteiger partial charge in [-0.15, -0.1) is 0 Å². The average molecular weight is 469 g/mol. The lowest BCUT2D eigenvalue weighted by molar-refractivity contribution is 0.0513. The number of hydrogen-bond donors (Lipinski definition) is 0. The number of halogens is 1. The van der Waals surface area contributed by atoms with Crippen LogP contribution in [0, 0.1) is 5.82 Å². The summed E-state index contributed by atoms with van der Waals surface area (Å²) in [5.74, 6) is -1.05. The Kier molecular flexibility index (Phi) is 6.23. The van der Waals surface area contributed by atoms with E-state index in [1.165, 1.54) is 19.2 Å². The number of benzene rings is 3. The number of sulfonamides is 1. The molecule has 0 aliphatic heterocycles. The highest BCUT2D eigenvalue weighted by Crippen LogP contribution is 2.31. The van der Waals surface area contributed by atoms with Crippen molar-refractivity contribution in [1.29, 1.82) is 0 Å². The van der Waals surface area contributed by atoms with E-state index in [1.807, 2.05) is 42.5 Å². The highest BCUT2D eigenvalue weighted by Gasteiger charge is 2.27. The van der Waals surface area contributed by atoms with Gasteiger partial charge in [-0.3, -0.25) is 0 Å². The first-order valence-corrected chi connectivity index (χ1v) is 12.4. The number of hydrogen-bond acceptors (Lipinski definition) is 4. The molecule has 0 unspecified atom stereocenters. The summed E-state index contributed by atoms with van der Waals surface area (Å²) in [7, 11) is -2.11. The fourth-order valence-electron chi connectivity index (χ4n) is 4.09. The molecule has 0 radical (unpaired) electrons. The van der Waals surface area contributed by atoms with Gasteiger partial charge >= 0.3 is 5.97 Å². The quantitative estimate of drug-likeness (QED) is 0.373. The molecule has 0 aliphatic rings. The van der Waals surface area contributed by atoms with E-state index in [2.05, 4.69) is 0 Å². The van der Waals surface area contributed by atoms with E-state index in [1.54, 1.807) is 17.6 Å². The topological polar surface area (TPSA) is 68.6 Å². The maximum Gasteiger partial charge on any atom is 0.355 e. The maximum atomic E-state index is 14.3. The Morgan fingerprint density at radius 3 is 2.52 bits per heavy atom. The van der Waals surface area contributed by atoms with Gasteiger partial charge in [-0.05, 0) is 41.5 Å². The molecule has 172 valence electrons. The van der Waals surface area contributed by atoms with Gasteiger partial charge in [0, 0.05) is 36.6 Å². The fourth-order valence-corrected chi connectivity index (χ4v) is 4.46. The number of esters is 1. The molecule has 4 rings (SSSR count). The van der Waals surface area contributed by atoms with Gasteiger partial charge in [-0.25, -0.2) is 21.9 Å². The predicted molar refractivity (Wildman–Crippen MR) is 127 cm³/mol. The molecule has 1 aromatic heterocycles. The SMILES string of the molecule is CCOC(=O)c1c(CN(C)S(C)(=O)=O)c2cc(F)ccc2n1Cc1cccc2ccccc12. The Morgan fingerprint density at radius 2 is 1.79 bits per heavy atom. The largest absolute Gasteiger partial charge is 0.461 e. The summed E-state index contributed by atoms with van der Waals surface area (Å²) < 4.78 is 46.8. The van der Waals surface area contributed by atoms with Gasteiger partial charge in [0.05, 0.1) is 12.9 Å². The molecule has 4 aromatic rings. The van der Waals surface area contributed by atoms with Crippen LogP contribution in [0.15, 0.2) is 60.7 Å². The first kappa shape index (κ1) is 22.9. The predicted octanol–water partition coefficient (Wildman–Crippen LogP) is 4.55. The summed E-state index contributed by atoms with van der Waals surface area (Å²) in [6.45, 7) is 2.11. The van der Waals surface area contributed by atoms with Gasteiger partial charge in [0.2, 0.25) is 10.0 Å². The third-order valence-corrected chi connectivity index (χ3v) is 7.02. The van der Waals surface area contributed by atoms with Gasteiger partial charge < -0.3 is 9.30 Å². The minimum absolute atomic E-state index is 0.0878. The summed E-state index contributed by atoms with van der Waals surface area (Å²) in [6, 6.07) is 18.2. The molecule has 0 spiro atoms. The van der Waals surface area contributed by atoms with Crippen LogP contribution in [0.25, 0.3) is 21.7 Å². The van der Waals surface area contributed by atoms with Gasteiger partial charge in [-0.2, -0.15) is 0 Å². The van der Waals surface area contributed by atoms with Crippen molar-refractivity contribution in [3.05, 3.63) is 83.3 Å². The summed E-state index contributed by atoms with van der Waals surface area (Å²) in [6.07, 6.45) is 1.09. The van der Waals surface area contributed by atoms with E-state index in [0.717, 1.165) is 26.9 Å². The minimum Gasteiger partial charge on any atom is -0.461 e. The molecule has 6 nitrogen and oxygen atoms in total. The van der Waals surface area contributed by atoms with Gasteiger partial charge in [0.25, 0.3) is 0 Å². The van der Waals surface area contributed by atoms with Crippen LogP contribution in [0.4, 0.5) is 4.39 Å². The van der Waals surface area contributed by atoms with Gasteiger partial charge in [0.15, 0.2) is 0 Å². The molecule has 0 saturated carbocycles. The lowest BCUT2D eigenvalue weighted by Crippen LogP contribution is -2.26. The van der Waals surface area contributed by atoms with Gasteiger partial charge in [-0.1, -0.05) is 42.5 Å². The van der Waals surface area contributed by atoms with Crippen LogP contribution >= 0.6 is 0 Å². The molecule has 0 amide bonds. The molecule has 0 fully saturated rings. The van der Waals surface area contributed by atoms with E-state index in [4.69, 9.17) is 4.74 Å². The second kappa shape index (κ2) is 8.96.